The van der Waals surface area contributed by atoms with E-state index in [0.717, 1.165) is 25.7 Å². The van der Waals surface area contributed by atoms with Gasteiger partial charge in [-0.25, -0.2) is 4.39 Å². The summed E-state index contributed by atoms with van der Waals surface area (Å²) in [5.41, 5.74) is -0.320. The number of ether oxygens (including phenoxy) is 1. The van der Waals surface area contributed by atoms with E-state index in [0.29, 0.717) is 10.6 Å². The zero-order valence-electron chi connectivity index (χ0n) is 10.3. The highest BCUT2D eigenvalue weighted by Gasteiger charge is 2.40. The number of hydrogen-bond donors (Lipinski definition) is 0. The molecular weight excluding hydrogens is 255 g/mol. The van der Waals surface area contributed by atoms with Crippen LogP contribution in [0.1, 0.15) is 31.2 Å². The Hall–Kier alpha value is -0.930. The molecule has 0 atom stereocenters. The molecule has 1 aromatic carbocycles. The second-order valence-electron chi connectivity index (χ2n) is 4.74. The van der Waals surface area contributed by atoms with Gasteiger partial charge in [-0.15, -0.1) is 0 Å². The molecule has 0 radical (unpaired) electrons. The van der Waals surface area contributed by atoms with Crippen LogP contribution >= 0.6 is 11.6 Å². The first-order valence-electron chi connectivity index (χ1n) is 6.10. The minimum Gasteiger partial charge on any atom is -0.370 e. The lowest BCUT2D eigenvalue weighted by Crippen LogP contribution is -2.39. The summed E-state index contributed by atoms with van der Waals surface area (Å²) in [7, 11) is 1.56. The van der Waals surface area contributed by atoms with Crippen molar-refractivity contribution in [2.45, 2.75) is 37.7 Å². The number of rotatable bonds is 4. The molecule has 0 unspecified atom stereocenters. The Labute approximate surface area is 111 Å². The quantitative estimate of drug-likeness (QED) is 0.836. The fourth-order valence-electron chi connectivity index (χ4n) is 2.54. The van der Waals surface area contributed by atoms with Crippen LogP contribution in [0.25, 0.3) is 0 Å². The monoisotopic (exact) mass is 270 g/mol. The van der Waals surface area contributed by atoms with Crippen molar-refractivity contribution < 1.29 is 13.9 Å². The Bertz CT molecular complexity index is 453. The Morgan fingerprint density at radius 1 is 1.44 bits per heavy atom. The zero-order chi connectivity index (χ0) is 13.2. The highest BCUT2D eigenvalue weighted by Crippen LogP contribution is 2.34. The predicted molar refractivity (Wildman–Crippen MR) is 68.3 cm³/mol. The molecule has 0 N–H and O–H groups in total. The lowest BCUT2D eigenvalue weighted by atomic mass is 9.91. The fraction of sp³-hybridized carbons (Fsp3) is 0.500. The van der Waals surface area contributed by atoms with Crippen LogP contribution in [-0.2, 0) is 16.0 Å². The number of ketones is 1. The highest BCUT2D eigenvalue weighted by atomic mass is 35.5. The van der Waals surface area contributed by atoms with Crippen LogP contribution in [0.4, 0.5) is 4.39 Å². The van der Waals surface area contributed by atoms with Gasteiger partial charge in [0.25, 0.3) is 0 Å². The Morgan fingerprint density at radius 3 is 2.67 bits per heavy atom. The van der Waals surface area contributed by atoms with Crippen molar-refractivity contribution >= 4 is 17.4 Å². The first-order valence-corrected chi connectivity index (χ1v) is 6.47. The third-order valence-corrected chi connectivity index (χ3v) is 3.91. The van der Waals surface area contributed by atoms with E-state index in [1.807, 2.05) is 0 Å². The van der Waals surface area contributed by atoms with Crippen LogP contribution in [0.3, 0.4) is 0 Å². The van der Waals surface area contributed by atoms with Crippen molar-refractivity contribution in [3.63, 3.8) is 0 Å². The summed E-state index contributed by atoms with van der Waals surface area (Å²) in [4.78, 5) is 12.3. The fourth-order valence-corrected chi connectivity index (χ4v) is 2.70. The minimum atomic E-state index is -0.702. The molecule has 0 bridgehead atoms. The molecule has 0 spiro atoms. The molecule has 1 fully saturated rings. The number of benzene rings is 1. The summed E-state index contributed by atoms with van der Waals surface area (Å²) in [6.07, 6.45) is 3.51. The number of Topliss-reactive ketones (excluding diaryl/α,β-unsaturated/α-hetero) is 1. The zero-order valence-corrected chi connectivity index (χ0v) is 11.1. The molecule has 0 saturated heterocycles. The van der Waals surface area contributed by atoms with E-state index in [1.54, 1.807) is 19.2 Å². The molecule has 0 aliphatic heterocycles. The van der Waals surface area contributed by atoms with Gasteiger partial charge >= 0.3 is 0 Å². The molecule has 1 saturated carbocycles. The molecular formula is C14H16ClFO2. The van der Waals surface area contributed by atoms with Crippen LogP contribution in [0.15, 0.2) is 18.2 Å². The summed E-state index contributed by atoms with van der Waals surface area (Å²) in [6.45, 7) is 0. The van der Waals surface area contributed by atoms with Crippen LogP contribution in [-0.4, -0.2) is 18.5 Å². The van der Waals surface area contributed by atoms with Crippen LogP contribution in [0, 0.1) is 5.82 Å². The number of carbonyl (C=O) groups excluding carboxylic acids is 1. The average Bonchev–Trinajstić information content (AvgIpc) is 2.82. The third-order valence-electron chi connectivity index (χ3n) is 3.68. The maximum atomic E-state index is 13.6. The predicted octanol–water partition coefficient (Wildman–Crippen LogP) is 3.55. The smallest absolute Gasteiger partial charge is 0.169 e. The van der Waals surface area contributed by atoms with Crippen LogP contribution in [0.2, 0.25) is 5.02 Å². The maximum absolute atomic E-state index is 13.6. The van der Waals surface area contributed by atoms with Gasteiger partial charge in [-0.2, -0.15) is 0 Å². The molecule has 0 heterocycles. The van der Waals surface area contributed by atoms with E-state index in [1.165, 1.54) is 6.07 Å². The number of halogens is 2. The first kappa shape index (κ1) is 13.5. The topological polar surface area (TPSA) is 26.3 Å². The lowest BCUT2D eigenvalue weighted by molar-refractivity contribution is -0.139. The molecule has 0 aromatic heterocycles. The standard InChI is InChI=1S/C14H16ClFO2/c1-18-14(6-2-3-7-14)13(17)8-10-4-5-11(15)9-12(10)16/h4-5,9H,2-3,6-8H2,1H3. The Morgan fingerprint density at radius 2 is 2.11 bits per heavy atom. The SMILES string of the molecule is COC1(C(=O)Cc2ccc(Cl)cc2F)CCCC1. The first-order chi connectivity index (χ1) is 8.57. The Kier molecular flexibility index (Phi) is 4.03. The van der Waals surface area contributed by atoms with Crippen LogP contribution < -0.4 is 0 Å². The van der Waals surface area contributed by atoms with Crippen molar-refractivity contribution in [1.29, 1.82) is 0 Å². The molecule has 0 amide bonds. The molecule has 1 aromatic rings. The molecule has 4 heteroatoms. The minimum absolute atomic E-state index is 0.0382. The molecule has 98 valence electrons. The summed E-state index contributed by atoms with van der Waals surface area (Å²) in [6, 6.07) is 4.40. The molecule has 18 heavy (non-hydrogen) atoms. The molecule has 2 rings (SSSR count). The highest BCUT2D eigenvalue weighted by molar-refractivity contribution is 6.30. The largest absolute Gasteiger partial charge is 0.370 e. The van der Waals surface area contributed by atoms with Gasteiger partial charge in [-0.05, 0) is 43.4 Å². The second kappa shape index (κ2) is 5.37. The van der Waals surface area contributed by atoms with E-state index < -0.39 is 11.4 Å². The van der Waals surface area contributed by atoms with E-state index in [9.17, 15) is 9.18 Å². The van der Waals surface area contributed by atoms with Gasteiger partial charge in [0.1, 0.15) is 11.4 Å². The average molecular weight is 271 g/mol. The summed E-state index contributed by atoms with van der Waals surface area (Å²) >= 11 is 5.69. The Balaban J connectivity index is 2.15. The molecule has 1 aliphatic rings. The van der Waals surface area contributed by atoms with Gasteiger partial charge in [0.2, 0.25) is 0 Å². The molecule has 2 nitrogen and oxygen atoms in total. The van der Waals surface area contributed by atoms with Crippen molar-refractivity contribution in [2.75, 3.05) is 7.11 Å². The molecule has 1 aliphatic carbocycles. The van der Waals surface area contributed by atoms with Gasteiger partial charge in [0.15, 0.2) is 5.78 Å². The van der Waals surface area contributed by atoms with Gasteiger partial charge in [0.05, 0.1) is 0 Å². The number of hydrogen-bond acceptors (Lipinski definition) is 2. The maximum Gasteiger partial charge on any atom is 0.169 e. The van der Waals surface area contributed by atoms with Crippen molar-refractivity contribution in [1.82, 2.24) is 0 Å². The van der Waals surface area contributed by atoms with Gasteiger partial charge in [0, 0.05) is 18.6 Å². The van der Waals surface area contributed by atoms with Crippen molar-refractivity contribution in [3.8, 4) is 0 Å². The van der Waals surface area contributed by atoms with Gasteiger partial charge in [-0.1, -0.05) is 17.7 Å². The van der Waals surface area contributed by atoms with Gasteiger partial charge < -0.3 is 4.74 Å². The van der Waals surface area contributed by atoms with E-state index in [2.05, 4.69) is 0 Å². The summed E-state index contributed by atoms with van der Waals surface area (Å²) in [5.74, 6) is -0.469. The number of methoxy groups -OCH3 is 1. The van der Waals surface area contributed by atoms with E-state index >= 15 is 0 Å². The third kappa shape index (κ3) is 2.57. The van der Waals surface area contributed by atoms with Crippen LogP contribution in [0.5, 0.6) is 0 Å². The summed E-state index contributed by atoms with van der Waals surface area (Å²) < 4.78 is 19.0. The van der Waals surface area contributed by atoms with Crippen molar-refractivity contribution in [3.05, 3.63) is 34.6 Å². The second-order valence-corrected chi connectivity index (χ2v) is 5.18. The van der Waals surface area contributed by atoms with Gasteiger partial charge in [-0.3, -0.25) is 4.79 Å². The van der Waals surface area contributed by atoms with E-state index in [-0.39, 0.29) is 12.2 Å². The number of carbonyl (C=O) groups is 1. The normalized spacial score (nSPS) is 17.9. The van der Waals surface area contributed by atoms with Crippen molar-refractivity contribution in [2.24, 2.45) is 0 Å². The lowest BCUT2D eigenvalue weighted by Gasteiger charge is -2.25. The van der Waals surface area contributed by atoms with E-state index in [4.69, 9.17) is 16.3 Å². The summed E-state index contributed by atoms with van der Waals surface area (Å²) in [5, 5.41) is 0.339.